The number of carbonyl (C=O) groups excluding carboxylic acids is 3. The highest BCUT2D eigenvalue weighted by molar-refractivity contribution is 6.07. The molecule has 0 aliphatic heterocycles. The third-order valence-corrected chi connectivity index (χ3v) is 10.4. The van der Waals surface area contributed by atoms with E-state index in [4.69, 9.17) is 5.21 Å². The summed E-state index contributed by atoms with van der Waals surface area (Å²) < 4.78 is 0. The van der Waals surface area contributed by atoms with Gasteiger partial charge in [-0.1, -0.05) is 36.7 Å². The zero-order valence-corrected chi connectivity index (χ0v) is 20.9. The fourth-order valence-corrected chi connectivity index (χ4v) is 8.66. The summed E-state index contributed by atoms with van der Waals surface area (Å²) in [5.41, 5.74) is 2.37. The Morgan fingerprint density at radius 2 is 1.97 bits per heavy atom. The van der Waals surface area contributed by atoms with Gasteiger partial charge in [-0.25, -0.2) is 0 Å². The highest BCUT2D eigenvalue weighted by Gasteiger charge is 2.60. The Morgan fingerprint density at radius 3 is 2.71 bits per heavy atom. The molecule has 5 aliphatic rings. The molecule has 0 aromatic heterocycles. The number of carbonyl (C=O) groups is 3. The molecule has 7 atom stereocenters. The van der Waals surface area contributed by atoms with Gasteiger partial charge in [0.25, 0.3) is 0 Å². The first-order chi connectivity index (χ1) is 16.8. The van der Waals surface area contributed by atoms with E-state index in [9.17, 15) is 14.4 Å². The van der Waals surface area contributed by atoms with Crippen molar-refractivity contribution in [3.63, 3.8) is 0 Å². The Bertz CT molecular complexity index is 1080. The Kier molecular flexibility index (Phi) is 6.31. The van der Waals surface area contributed by atoms with E-state index in [1.54, 1.807) is 19.1 Å². The van der Waals surface area contributed by atoms with Gasteiger partial charge in [-0.2, -0.15) is 0 Å². The molecule has 0 aromatic rings. The molecule has 5 rings (SSSR count). The molecule has 0 amide bonds. The molecule has 2 saturated carbocycles. The minimum absolute atomic E-state index is 0.0283. The second-order valence-electron chi connectivity index (χ2n) is 11.8. The number of allylic oxidation sites excluding steroid dienone is 8. The summed E-state index contributed by atoms with van der Waals surface area (Å²) in [6, 6.07) is 0. The van der Waals surface area contributed by atoms with Crippen molar-refractivity contribution < 1.29 is 19.6 Å². The smallest absolute Gasteiger partial charge is 0.156 e. The Morgan fingerprint density at radius 1 is 1.14 bits per heavy atom. The van der Waals surface area contributed by atoms with Crippen LogP contribution in [0.15, 0.2) is 52.8 Å². The maximum absolute atomic E-state index is 12.9. The summed E-state index contributed by atoms with van der Waals surface area (Å²) in [6.07, 6.45) is 21.4. The topological polar surface area (TPSA) is 83.8 Å². The van der Waals surface area contributed by atoms with Crippen LogP contribution < -0.4 is 0 Å². The molecule has 186 valence electrons. The van der Waals surface area contributed by atoms with Crippen molar-refractivity contribution >= 4 is 23.6 Å². The number of rotatable bonds is 6. The van der Waals surface area contributed by atoms with Gasteiger partial charge < -0.3 is 5.21 Å². The number of Topliss-reactive ketones (excluding diaryl/α,β-unsaturated/α-hetero) is 1. The van der Waals surface area contributed by atoms with E-state index in [1.807, 2.05) is 12.2 Å². The first-order valence-electron chi connectivity index (χ1n) is 13.3. The molecule has 5 aliphatic carbocycles. The average Bonchev–Trinajstić information content (AvgIpc) is 3.24. The molecule has 1 N–H and O–H groups in total. The van der Waals surface area contributed by atoms with E-state index >= 15 is 0 Å². The predicted octanol–water partition coefficient (Wildman–Crippen LogP) is 5.79. The fourth-order valence-electron chi connectivity index (χ4n) is 8.66. The van der Waals surface area contributed by atoms with E-state index in [-0.39, 0.29) is 28.4 Å². The largest absolute Gasteiger partial charge is 0.410 e. The number of fused-ring (bicyclic) bond motifs is 5. The number of hydrogen-bond donors (Lipinski definition) is 1. The van der Waals surface area contributed by atoms with Crippen molar-refractivity contribution in [1.29, 1.82) is 0 Å². The molecule has 0 bridgehead atoms. The first-order valence-corrected chi connectivity index (χ1v) is 13.3. The van der Waals surface area contributed by atoms with Gasteiger partial charge in [0.2, 0.25) is 0 Å². The monoisotopic (exact) mass is 475 g/mol. The van der Waals surface area contributed by atoms with Crippen LogP contribution in [0.25, 0.3) is 0 Å². The molecule has 5 heteroatoms. The first kappa shape index (κ1) is 24.1. The van der Waals surface area contributed by atoms with E-state index in [0.29, 0.717) is 41.2 Å². The lowest BCUT2D eigenvalue weighted by atomic mass is 9.47. The van der Waals surface area contributed by atoms with Crippen molar-refractivity contribution in [2.75, 3.05) is 0 Å². The van der Waals surface area contributed by atoms with Gasteiger partial charge >= 0.3 is 0 Å². The maximum Gasteiger partial charge on any atom is 0.156 e. The summed E-state index contributed by atoms with van der Waals surface area (Å²) in [7, 11) is 0. The third kappa shape index (κ3) is 3.91. The SMILES string of the molecule is CC(=O)[C@H]1CC[C@H]2[C@@H]3C=CC4=CC(=O)CC[C@@]4(C)[C@@H]3CC[C@]12CCCC1C=C/C(=N\O)C=C1C=O. The molecule has 0 heterocycles. The van der Waals surface area contributed by atoms with Gasteiger partial charge in [0.15, 0.2) is 5.78 Å². The van der Waals surface area contributed by atoms with Gasteiger partial charge in [0.05, 0.1) is 0 Å². The zero-order valence-electron chi connectivity index (χ0n) is 20.9. The van der Waals surface area contributed by atoms with Gasteiger partial charge in [0.1, 0.15) is 17.8 Å². The summed E-state index contributed by atoms with van der Waals surface area (Å²) >= 11 is 0. The van der Waals surface area contributed by atoms with Crippen LogP contribution in [0.1, 0.15) is 71.6 Å². The van der Waals surface area contributed by atoms with Crippen molar-refractivity contribution in [1.82, 2.24) is 0 Å². The van der Waals surface area contributed by atoms with Gasteiger partial charge in [-0.15, -0.1) is 0 Å². The summed E-state index contributed by atoms with van der Waals surface area (Å²) in [6.45, 7) is 4.14. The molecule has 0 radical (unpaired) electrons. The van der Waals surface area contributed by atoms with E-state index < -0.39 is 0 Å². The predicted molar refractivity (Wildman–Crippen MR) is 135 cm³/mol. The summed E-state index contributed by atoms with van der Waals surface area (Å²) in [4.78, 5) is 36.6. The Labute approximate surface area is 208 Å². The van der Waals surface area contributed by atoms with Crippen molar-refractivity contribution in [2.24, 2.45) is 45.6 Å². The van der Waals surface area contributed by atoms with Crippen LogP contribution in [0.2, 0.25) is 0 Å². The van der Waals surface area contributed by atoms with Crippen molar-refractivity contribution in [2.45, 2.75) is 71.6 Å². The number of nitrogens with zero attached hydrogens (tertiary/aromatic N) is 1. The second kappa shape index (κ2) is 9.15. The fraction of sp³-hybridized carbons (Fsp3) is 0.600. The summed E-state index contributed by atoms with van der Waals surface area (Å²) in [5.74, 6) is 2.23. The van der Waals surface area contributed by atoms with Gasteiger partial charge in [-0.05, 0) is 104 Å². The van der Waals surface area contributed by atoms with Crippen LogP contribution in [0, 0.1) is 40.4 Å². The maximum atomic E-state index is 12.9. The lowest BCUT2D eigenvalue weighted by Gasteiger charge is -2.57. The third-order valence-electron chi connectivity index (χ3n) is 10.4. The highest BCUT2D eigenvalue weighted by Crippen LogP contribution is 2.66. The standard InChI is InChI=1S/C30H37NO4/c1-19(33)26-9-10-28-25-8-6-22-17-24(34)11-14-29(22,2)27(25)12-15-30(26,28)13-3-4-20-5-7-23(31-35)16-21(20)18-32/h5-8,16-18,20,25-28,35H,3-4,9-15H2,1-2H3/b31-23+/t20?,25-,26-,27-,28+,29-,30-/m1/s1. The molecule has 0 saturated heterocycles. The number of aldehydes is 1. The van der Waals surface area contributed by atoms with Crippen molar-refractivity contribution in [3.8, 4) is 0 Å². The van der Waals surface area contributed by atoms with Gasteiger partial charge in [0, 0.05) is 23.8 Å². The van der Waals surface area contributed by atoms with E-state index in [1.165, 1.54) is 5.57 Å². The zero-order chi connectivity index (χ0) is 24.8. The van der Waals surface area contributed by atoms with Crippen LogP contribution in [0.4, 0.5) is 0 Å². The number of oxime groups is 1. The normalized spacial score (nSPS) is 41.0. The average molecular weight is 476 g/mol. The lowest BCUT2D eigenvalue weighted by Crippen LogP contribution is -2.50. The molecular formula is C30H37NO4. The van der Waals surface area contributed by atoms with Gasteiger partial charge in [-0.3, -0.25) is 14.4 Å². The molecular weight excluding hydrogens is 438 g/mol. The van der Waals surface area contributed by atoms with E-state index in [2.05, 4.69) is 24.2 Å². The lowest BCUT2D eigenvalue weighted by molar-refractivity contribution is -0.128. The second-order valence-corrected chi connectivity index (χ2v) is 11.8. The number of ketones is 2. The minimum atomic E-state index is 0.0283. The molecule has 1 unspecified atom stereocenters. The Balaban J connectivity index is 1.38. The van der Waals surface area contributed by atoms with Crippen LogP contribution >= 0.6 is 0 Å². The van der Waals surface area contributed by atoms with Crippen LogP contribution in [0.3, 0.4) is 0 Å². The number of hydrogen-bond acceptors (Lipinski definition) is 5. The highest BCUT2D eigenvalue weighted by atomic mass is 16.4. The van der Waals surface area contributed by atoms with Crippen LogP contribution in [-0.4, -0.2) is 28.8 Å². The van der Waals surface area contributed by atoms with Crippen molar-refractivity contribution in [3.05, 3.63) is 47.6 Å². The molecule has 0 aromatic carbocycles. The quantitative estimate of drug-likeness (QED) is 0.299. The van der Waals surface area contributed by atoms with Crippen LogP contribution in [-0.2, 0) is 14.4 Å². The molecule has 0 spiro atoms. The summed E-state index contributed by atoms with van der Waals surface area (Å²) in [5, 5.41) is 12.2. The molecule has 5 nitrogen and oxygen atoms in total. The van der Waals surface area contributed by atoms with E-state index in [0.717, 1.165) is 57.7 Å². The molecule has 2 fully saturated rings. The molecule has 35 heavy (non-hydrogen) atoms. The Hall–Kier alpha value is -2.56. The van der Waals surface area contributed by atoms with Crippen LogP contribution in [0.5, 0.6) is 0 Å². The minimum Gasteiger partial charge on any atom is -0.410 e.